The number of aromatic nitrogens is 3. The summed E-state index contributed by atoms with van der Waals surface area (Å²) in [5.74, 6) is -0.350. The summed E-state index contributed by atoms with van der Waals surface area (Å²) in [6.07, 6.45) is 1.89. The fraction of sp³-hybridized carbons (Fsp3) is 0.182. The molecule has 0 atom stereocenters. The summed E-state index contributed by atoms with van der Waals surface area (Å²) in [5.41, 5.74) is 0.798. The Labute approximate surface area is 103 Å². The summed E-state index contributed by atoms with van der Waals surface area (Å²) in [6, 6.07) is 7.20. The molecule has 0 saturated heterocycles. The number of hydrogen-bond acceptors (Lipinski definition) is 3. The Balaban J connectivity index is 2.15. The molecule has 88 valence electrons. The van der Waals surface area contributed by atoms with E-state index in [0.717, 1.165) is 5.69 Å². The predicted octanol–water partition coefficient (Wildman–Crippen LogP) is 1.94. The molecule has 5 nitrogen and oxygen atoms in total. The minimum atomic E-state index is -0.857. The zero-order valence-corrected chi connectivity index (χ0v) is 9.63. The van der Waals surface area contributed by atoms with E-state index in [4.69, 9.17) is 16.7 Å². The van der Waals surface area contributed by atoms with Crippen molar-refractivity contribution in [1.29, 1.82) is 0 Å². The molecule has 17 heavy (non-hydrogen) atoms. The minimum Gasteiger partial charge on any atom is -0.481 e. The lowest BCUT2D eigenvalue weighted by Crippen LogP contribution is -2.00. The number of halogens is 1. The summed E-state index contributed by atoms with van der Waals surface area (Å²) in [4.78, 5) is 14.5. The number of carboxylic acid groups (broad SMARTS) is 1. The van der Waals surface area contributed by atoms with Gasteiger partial charge in [-0.15, -0.1) is 0 Å². The van der Waals surface area contributed by atoms with E-state index in [0.29, 0.717) is 17.3 Å². The first kappa shape index (κ1) is 11.6. The highest BCUT2D eigenvalue weighted by molar-refractivity contribution is 6.30. The summed E-state index contributed by atoms with van der Waals surface area (Å²) in [7, 11) is 0. The van der Waals surface area contributed by atoms with Crippen LogP contribution >= 0.6 is 11.6 Å². The molecule has 1 heterocycles. The number of benzene rings is 1. The highest BCUT2D eigenvalue weighted by Gasteiger charge is 2.05. The molecule has 2 rings (SSSR count). The van der Waals surface area contributed by atoms with Crippen LogP contribution in [-0.2, 0) is 11.2 Å². The maximum Gasteiger partial charge on any atom is 0.303 e. The second-order valence-electron chi connectivity index (χ2n) is 3.48. The standard InChI is InChI=1S/C11H10ClN3O2/c12-8-2-1-3-9(6-8)15-7-13-10(14-15)4-5-11(16)17/h1-3,6-7H,4-5H2,(H,16,17). The predicted molar refractivity (Wildman–Crippen MR) is 62.3 cm³/mol. The van der Waals surface area contributed by atoms with Crippen molar-refractivity contribution in [3.8, 4) is 5.69 Å². The van der Waals surface area contributed by atoms with E-state index in [1.165, 1.54) is 0 Å². The normalized spacial score (nSPS) is 10.4. The number of aryl methyl sites for hydroxylation is 1. The highest BCUT2D eigenvalue weighted by atomic mass is 35.5. The van der Waals surface area contributed by atoms with Gasteiger partial charge < -0.3 is 5.11 Å². The van der Waals surface area contributed by atoms with Gasteiger partial charge in [0.2, 0.25) is 0 Å². The molecule has 0 unspecified atom stereocenters. The molecule has 0 bridgehead atoms. The Morgan fingerprint density at radius 2 is 2.29 bits per heavy atom. The van der Waals surface area contributed by atoms with Crippen LogP contribution in [0.5, 0.6) is 0 Å². The monoisotopic (exact) mass is 251 g/mol. The first-order valence-corrected chi connectivity index (χ1v) is 5.41. The van der Waals surface area contributed by atoms with Gasteiger partial charge in [0.25, 0.3) is 0 Å². The Morgan fingerprint density at radius 1 is 1.47 bits per heavy atom. The average Bonchev–Trinajstić information content (AvgIpc) is 2.75. The van der Waals surface area contributed by atoms with Crippen LogP contribution in [0, 0.1) is 0 Å². The van der Waals surface area contributed by atoms with Crippen molar-refractivity contribution in [3.63, 3.8) is 0 Å². The number of nitrogens with zero attached hydrogens (tertiary/aromatic N) is 3. The quantitative estimate of drug-likeness (QED) is 0.902. The lowest BCUT2D eigenvalue weighted by molar-refractivity contribution is -0.137. The van der Waals surface area contributed by atoms with Crippen LogP contribution in [0.3, 0.4) is 0 Å². The van der Waals surface area contributed by atoms with Crippen LogP contribution in [0.1, 0.15) is 12.2 Å². The van der Waals surface area contributed by atoms with Crippen molar-refractivity contribution < 1.29 is 9.90 Å². The molecule has 6 heteroatoms. The van der Waals surface area contributed by atoms with E-state index in [1.807, 2.05) is 12.1 Å². The second-order valence-corrected chi connectivity index (χ2v) is 3.92. The van der Waals surface area contributed by atoms with E-state index >= 15 is 0 Å². The van der Waals surface area contributed by atoms with E-state index < -0.39 is 5.97 Å². The summed E-state index contributed by atoms with van der Waals surface area (Å²) in [6.45, 7) is 0. The van der Waals surface area contributed by atoms with Gasteiger partial charge in [0.15, 0.2) is 5.82 Å². The first-order valence-electron chi connectivity index (χ1n) is 5.03. The maximum absolute atomic E-state index is 10.4. The largest absolute Gasteiger partial charge is 0.481 e. The van der Waals surface area contributed by atoms with Crippen LogP contribution < -0.4 is 0 Å². The van der Waals surface area contributed by atoms with Gasteiger partial charge in [-0.1, -0.05) is 17.7 Å². The summed E-state index contributed by atoms with van der Waals surface area (Å²) >= 11 is 5.87. The van der Waals surface area contributed by atoms with Crippen molar-refractivity contribution in [2.45, 2.75) is 12.8 Å². The molecule has 0 spiro atoms. The molecule has 0 aliphatic heterocycles. The zero-order valence-electron chi connectivity index (χ0n) is 8.88. The highest BCUT2D eigenvalue weighted by Crippen LogP contribution is 2.13. The summed E-state index contributed by atoms with van der Waals surface area (Å²) < 4.78 is 1.57. The van der Waals surface area contributed by atoms with Crippen molar-refractivity contribution in [1.82, 2.24) is 14.8 Å². The molecule has 1 aromatic carbocycles. The van der Waals surface area contributed by atoms with Crippen LogP contribution in [0.25, 0.3) is 5.69 Å². The van der Waals surface area contributed by atoms with E-state index in [2.05, 4.69) is 10.1 Å². The minimum absolute atomic E-state index is 0.0273. The average molecular weight is 252 g/mol. The molecule has 2 aromatic rings. The maximum atomic E-state index is 10.4. The molecular formula is C11H10ClN3O2. The van der Waals surface area contributed by atoms with Gasteiger partial charge in [-0.25, -0.2) is 9.67 Å². The second kappa shape index (κ2) is 4.97. The summed E-state index contributed by atoms with van der Waals surface area (Å²) in [5, 5.41) is 13.3. The SMILES string of the molecule is O=C(O)CCc1ncn(-c2cccc(Cl)c2)n1. The van der Waals surface area contributed by atoms with E-state index in [1.54, 1.807) is 23.1 Å². The van der Waals surface area contributed by atoms with Gasteiger partial charge in [-0.05, 0) is 18.2 Å². The van der Waals surface area contributed by atoms with Crippen LogP contribution in [-0.4, -0.2) is 25.8 Å². The van der Waals surface area contributed by atoms with E-state index in [9.17, 15) is 4.79 Å². The van der Waals surface area contributed by atoms with Gasteiger partial charge in [0.1, 0.15) is 6.33 Å². The lowest BCUT2D eigenvalue weighted by atomic mass is 10.3. The van der Waals surface area contributed by atoms with Gasteiger partial charge in [0, 0.05) is 11.4 Å². The number of carbonyl (C=O) groups is 1. The molecule has 0 aliphatic rings. The number of rotatable bonds is 4. The number of hydrogen-bond donors (Lipinski definition) is 1. The molecule has 0 aliphatic carbocycles. The van der Waals surface area contributed by atoms with Gasteiger partial charge in [0.05, 0.1) is 12.1 Å². The molecule has 0 fully saturated rings. The van der Waals surface area contributed by atoms with Gasteiger partial charge >= 0.3 is 5.97 Å². The van der Waals surface area contributed by atoms with Crippen LogP contribution in [0.15, 0.2) is 30.6 Å². The third-order valence-corrected chi connectivity index (χ3v) is 2.41. The number of carboxylic acids is 1. The first-order chi connectivity index (χ1) is 8.15. The van der Waals surface area contributed by atoms with E-state index in [-0.39, 0.29) is 6.42 Å². The van der Waals surface area contributed by atoms with Gasteiger partial charge in [-0.2, -0.15) is 5.10 Å². The van der Waals surface area contributed by atoms with Crippen molar-refractivity contribution in [2.24, 2.45) is 0 Å². The van der Waals surface area contributed by atoms with Crippen LogP contribution in [0.2, 0.25) is 5.02 Å². The Morgan fingerprint density at radius 3 is 3.00 bits per heavy atom. The molecule has 0 radical (unpaired) electrons. The lowest BCUT2D eigenvalue weighted by Gasteiger charge is -1.99. The fourth-order valence-electron chi connectivity index (χ4n) is 1.37. The molecular weight excluding hydrogens is 242 g/mol. The fourth-order valence-corrected chi connectivity index (χ4v) is 1.56. The Hall–Kier alpha value is -1.88. The third-order valence-electron chi connectivity index (χ3n) is 2.17. The topological polar surface area (TPSA) is 68.0 Å². The molecule has 0 saturated carbocycles. The van der Waals surface area contributed by atoms with Gasteiger partial charge in [-0.3, -0.25) is 4.79 Å². The molecule has 1 aromatic heterocycles. The van der Waals surface area contributed by atoms with Crippen molar-refractivity contribution in [2.75, 3.05) is 0 Å². The molecule has 1 N–H and O–H groups in total. The van der Waals surface area contributed by atoms with Crippen molar-refractivity contribution >= 4 is 17.6 Å². The Bertz CT molecular complexity index is 539. The zero-order chi connectivity index (χ0) is 12.3. The smallest absolute Gasteiger partial charge is 0.303 e. The Kier molecular flexibility index (Phi) is 3.39. The molecule has 0 amide bonds. The number of aliphatic carboxylic acids is 1. The third kappa shape index (κ3) is 3.04. The van der Waals surface area contributed by atoms with Crippen molar-refractivity contribution in [3.05, 3.63) is 41.4 Å². The van der Waals surface area contributed by atoms with Crippen LogP contribution in [0.4, 0.5) is 0 Å².